The summed E-state index contributed by atoms with van der Waals surface area (Å²) in [6.45, 7) is 7.56. The van der Waals surface area contributed by atoms with Crippen molar-refractivity contribution >= 4 is 0 Å². The Bertz CT molecular complexity index is 27.0. The highest BCUT2D eigenvalue weighted by molar-refractivity contribution is 4.96. The fraction of sp³-hybridized carbons (Fsp3) is 0.400. The highest BCUT2D eigenvalue weighted by Gasteiger charge is 1.84. The van der Waals surface area contributed by atoms with Crippen molar-refractivity contribution < 1.29 is 0 Å². The van der Waals surface area contributed by atoms with Gasteiger partial charge < -0.3 is 0 Å². The lowest BCUT2D eigenvalue weighted by Crippen LogP contribution is -1.67. The zero-order valence-corrected chi connectivity index (χ0v) is 3.78. The molecule has 5 heavy (non-hydrogen) atoms. The van der Waals surface area contributed by atoms with Crippen molar-refractivity contribution in [2.75, 3.05) is 0 Å². The molecule has 0 atom stereocenters. The van der Waals surface area contributed by atoms with Gasteiger partial charge in [0.05, 0.1) is 6.08 Å². The molecule has 0 aliphatic heterocycles. The monoisotopic (exact) mass is 69.1 g/mol. The number of hydrogen-bond acceptors (Lipinski definition) is 0. The standard InChI is InChI=1S/C5H9/c1-4-5(2)3/h4H,1H2,2-3H3/q+1. The van der Waals surface area contributed by atoms with Gasteiger partial charge in [-0.15, -0.1) is 0 Å². The van der Waals surface area contributed by atoms with E-state index >= 15 is 0 Å². The fourth-order valence-electron chi connectivity index (χ4n) is 0. The lowest BCUT2D eigenvalue weighted by atomic mass is 10.2. The first kappa shape index (κ1) is 4.61. The Balaban J connectivity index is 2.83. The Morgan fingerprint density at radius 1 is 1.60 bits per heavy atom. The summed E-state index contributed by atoms with van der Waals surface area (Å²) in [6, 6.07) is 0. The molecule has 0 spiro atoms. The molecule has 0 unspecified atom stereocenters. The third-order valence-electron chi connectivity index (χ3n) is 0.408. The van der Waals surface area contributed by atoms with Crippen LogP contribution in [0.5, 0.6) is 0 Å². The summed E-state index contributed by atoms with van der Waals surface area (Å²) in [4.78, 5) is 0. The highest BCUT2D eigenvalue weighted by atomic mass is 13.8. The quantitative estimate of drug-likeness (QED) is 0.412. The molecule has 0 saturated heterocycles. The summed E-state index contributed by atoms with van der Waals surface area (Å²) in [5, 5.41) is 0. The molecule has 0 aliphatic rings. The lowest BCUT2D eigenvalue weighted by molar-refractivity contribution is 1.21. The molecule has 0 rings (SSSR count). The van der Waals surface area contributed by atoms with Crippen molar-refractivity contribution in [2.24, 2.45) is 0 Å². The normalized spacial score (nSPS) is 6.80. The molecule has 0 N–H and O–H groups in total. The maximum atomic E-state index is 3.52. The minimum atomic E-state index is 1.27. The van der Waals surface area contributed by atoms with Gasteiger partial charge in [-0.25, -0.2) is 0 Å². The number of rotatable bonds is 1. The average Bonchev–Trinajstić information content (AvgIpc) is 1.38. The van der Waals surface area contributed by atoms with E-state index in [1.165, 1.54) is 5.92 Å². The second-order valence-electron chi connectivity index (χ2n) is 1.28. The van der Waals surface area contributed by atoms with E-state index in [9.17, 15) is 0 Å². The van der Waals surface area contributed by atoms with Gasteiger partial charge in [0.25, 0.3) is 0 Å². The summed E-state index contributed by atoms with van der Waals surface area (Å²) in [5.74, 6) is 1.27. The first-order chi connectivity index (χ1) is 2.27. The summed E-state index contributed by atoms with van der Waals surface area (Å²) in [6.07, 6.45) is 1.83. The molecule has 0 aromatic rings. The molecule has 0 saturated carbocycles. The molecule has 0 aliphatic carbocycles. The van der Waals surface area contributed by atoms with Gasteiger partial charge in [-0.05, 0) is 0 Å². The van der Waals surface area contributed by atoms with Gasteiger partial charge in [-0.1, -0.05) is 0 Å². The summed E-state index contributed by atoms with van der Waals surface area (Å²) in [7, 11) is 0. The van der Waals surface area contributed by atoms with E-state index in [1.807, 2.05) is 19.9 Å². The van der Waals surface area contributed by atoms with Crippen molar-refractivity contribution in [2.45, 2.75) is 13.8 Å². The molecule has 0 heteroatoms. The third kappa shape index (κ3) is 3.61. The molecule has 0 aromatic carbocycles. The van der Waals surface area contributed by atoms with E-state index in [0.29, 0.717) is 0 Å². The Labute approximate surface area is 33.5 Å². The fourth-order valence-corrected chi connectivity index (χ4v) is 0. The van der Waals surface area contributed by atoms with Crippen LogP contribution in [0.2, 0.25) is 0 Å². The van der Waals surface area contributed by atoms with E-state index in [4.69, 9.17) is 0 Å². The Hall–Kier alpha value is -0.390. The Morgan fingerprint density at radius 3 is 1.80 bits per heavy atom. The van der Waals surface area contributed by atoms with Gasteiger partial charge >= 0.3 is 0 Å². The van der Waals surface area contributed by atoms with Gasteiger partial charge in [0.1, 0.15) is 0 Å². The Kier molecular flexibility index (Phi) is 1.74. The van der Waals surface area contributed by atoms with Crippen molar-refractivity contribution in [3.8, 4) is 0 Å². The van der Waals surface area contributed by atoms with E-state index in [2.05, 4.69) is 6.58 Å². The minimum absolute atomic E-state index is 1.27. The summed E-state index contributed by atoms with van der Waals surface area (Å²) in [5.41, 5.74) is 0. The van der Waals surface area contributed by atoms with E-state index in [-0.39, 0.29) is 0 Å². The van der Waals surface area contributed by atoms with Crippen molar-refractivity contribution in [3.05, 3.63) is 18.6 Å². The number of hydrogen-bond donors (Lipinski definition) is 0. The van der Waals surface area contributed by atoms with Crippen molar-refractivity contribution in [3.63, 3.8) is 0 Å². The van der Waals surface area contributed by atoms with Crippen LogP contribution in [0.15, 0.2) is 12.7 Å². The maximum Gasteiger partial charge on any atom is 0.0887 e. The predicted molar refractivity (Wildman–Crippen MR) is 24.8 cm³/mol. The second kappa shape index (κ2) is 1.89. The van der Waals surface area contributed by atoms with Crippen LogP contribution >= 0.6 is 0 Å². The van der Waals surface area contributed by atoms with E-state index in [1.54, 1.807) is 0 Å². The molecule has 0 fully saturated rings. The van der Waals surface area contributed by atoms with Crippen LogP contribution in [0, 0.1) is 5.92 Å². The predicted octanol–water partition coefficient (Wildman–Crippen LogP) is 1.79. The SMILES string of the molecule is C=C[C+](C)C. The van der Waals surface area contributed by atoms with Crippen molar-refractivity contribution in [1.82, 2.24) is 0 Å². The summed E-state index contributed by atoms with van der Waals surface area (Å²) < 4.78 is 0. The smallest absolute Gasteiger partial charge is 0.0235 e. The molecular weight excluding hydrogens is 60.1 g/mol. The van der Waals surface area contributed by atoms with Crippen LogP contribution in [0.25, 0.3) is 0 Å². The van der Waals surface area contributed by atoms with Gasteiger partial charge in [0.15, 0.2) is 0 Å². The first-order valence-corrected chi connectivity index (χ1v) is 1.70. The second-order valence-corrected chi connectivity index (χ2v) is 1.28. The van der Waals surface area contributed by atoms with Gasteiger partial charge in [0.2, 0.25) is 0 Å². The molecule has 0 amide bonds. The maximum absolute atomic E-state index is 3.52. The Morgan fingerprint density at radius 2 is 1.80 bits per heavy atom. The van der Waals surface area contributed by atoms with Crippen LogP contribution in [0.3, 0.4) is 0 Å². The largest absolute Gasteiger partial charge is 0.0887 e. The summed E-state index contributed by atoms with van der Waals surface area (Å²) >= 11 is 0. The van der Waals surface area contributed by atoms with Gasteiger partial charge in [-0.3, -0.25) is 0 Å². The molecule has 0 nitrogen and oxygen atoms in total. The van der Waals surface area contributed by atoms with Crippen LogP contribution in [0.4, 0.5) is 0 Å². The topological polar surface area (TPSA) is 0 Å². The zero-order valence-electron chi connectivity index (χ0n) is 3.78. The van der Waals surface area contributed by atoms with E-state index < -0.39 is 0 Å². The van der Waals surface area contributed by atoms with E-state index in [0.717, 1.165) is 0 Å². The van der Waals surface area contributed by atoms with Gasteiger partial charge in [-0.2, -0.15) is 0 Å². The number of allylic oxidation sites excluding steroid dienone is 1. The molecule has 0 bridgehead atoms. The first-order valence-electron chi connectivity index (χ1n) is 1.70. The zero-order chi connectivity index (χ0) is 4.28. The van der Waals surface area contributed by atoms with Gasteiger partial charge in [0, 0.05) is 26.3 Å². The van der Waals surface area contributed by atoms with Crippen LogP contribution < -0.4 is 0 Å². The lowest BCUT2D eigenvalue weighted by Gasteiger charge is -1.74. The molecule has 0 aromatic heterocycles. The van der Waals surface area contributed by atoms with Crippen LogP contribution in [0.1, 0.15) is 13.8 Å². The molecule has 0 radical (unpaired) electrons. The highest BCUT2D eigenvalue weighted by Crippen LogP contribution is 1.90. The average molecular weight is 69.1 g/mol. The molecule has 0 heterocycles. The minimum Gasteiger partial charge on any atom is 0.0235 e. The van der Waals surface area contributed by atoms with Crippen LogP contribution in [-0.4, -0.2) is 0 Å². The third-order valence-corrected chi connectivity index (χ3v) is 0.408. The molecular formula is C5H9+. The van der Waals surface area contributed by atoms with Crippen LogP contribution in [-0.2, 0) is 0 Å². The molecule has 28 valence electrons. The van der Waals surface area contributed by atoms with Crippen molar-refractivity contribution in [1.29, 1.82) is 0 Å².